The average Bonchev–Trinajstić information content (AvgIpc) is 4.06. The number of nitrogens with one attached hydrogen (secondary N) is 1. The highest BCUT2D eigenvalue weighted by molar-refractivity contribution is 8.00. The van der Waals surface area contributed by atoms with Crippen molar-refractivity contribution in [1.29, 1.82) is 0 Å². The van der Waals surface area contributed by atoms with E-state index in [2.05, 4.69) is 34.5 Å². The summed E-state index contributed by atoms with van der Waals surface area (Å²) in [6.45, 7) is 1.30. The maximum Gasteiger partial charge on any atom is 0.352 e. The van der Waals surface area contributed by atoms with Gasteiger partial charge in [-0.1, -0.05) is 102 Å². The van der Waals surface area contributed by atoms with Crippen LogP contribution in [0.2, 0.25) is 0 Å². The van der Waals surface area contributed by atoms with E-state index in [0.717, 1.165) is 51.4 Å². The van der Waals surface area contributed by atoms with E-state index in [1.807, 2.05) is 11.8 Å². The van der Waals surface area contributed by atoms with Crippen LogP contribution < -0.4 is 16.8 Å². The monoisotopic (exact) mass is 923 g/mol. The summed E-state index contributed by atoms with van der Waals surface area (Å²) in [6, 6.07) is 0. The summed E-state index contributed by atoms with van der Waals surface area (Å²) in [5, 5.41) is 4.79. The molecule has 0 unspecified atom stereocenters. The fourth-order valence-corrected chi connectivity index (χ4v) is 8.29. The summed E-state index contributed by atoms with van der Waals surface area (Å²) in [6.07, 6.45) is 22.8. The van der Waals surface area contributed by atoms with Crippen LogP contribution in [0, 0.1) is 0 Å². The van der Waals surface area contributed by atoms with Crippen LogP contribution >= 0.6 is 36.2 Å². The van der Waals surface area contributed by atoms with Crippen molar-refractivity contribution in [2.75, 3.05) is 50.0 Å². The summed E-state index contributed by atoms with van der Waals surface area (Å²) in [7, 11) is 0. The van der Waals surface area contributed by atoms with Gasteiger partial charge < -0.3 is 21.6 Å². The molecule has 18 heteroatoms. The SMILES string of the molecule is C.C.C.C.C.C.C1CCCC1.NCCS.NCCSC1CCCC1.O=C(CN1C(=O)C=CC1=O)NCCSC1CCCC1.O=C(CN1C(=O)C=CC1=O)ON1C(=O)CCC1=O. The van der Waals surface area contributed by atoms with Crippen LogP contribution in [-0.4, -0.2) is 123 Å². The Morgan fingerprint density at radius 2 is 0.967 bits per heavy atom. The number of nitrogens with zero attached hydrogens (tertiary/aromatic N) is 3. The number of carbonyl (C=O) groups excluding carboxylic acids is 8. The topological polar surface area (TPSA) is 220 Å². The van der Waals surface area contributed by atoms with E-state index in [9.17, 15) is 38.4 Å². The summed E-state index contributed by atoms with van der Waals surface area (Å²) < 4.78 is 0. The van der Waals surface area contributed by atoms with Gasteiger partial charge >= 0.3 is 5.97 Å². The lowest BCUT2D eigenvalue weighted by molar-refractivity contribution is -0.198. The molecular formula is C43H82N6O9S3. The van der Waals surface area contributed by atoms with Gasteiger partial charge in [0.15, 0.2) is 0 Å². The molecular weight excluding hydrogens is 841 g/mol. The predicted molar refractivity (Wildman–Crippen MR) is 257 cm³/mol. The normalized spacial score (nSPS) is 17.3. The lowest BCUT2D eigenvalue weighted by atomic mass is 10.4. The van der Waals surface area contributed by atoms with Gasteiger partial charge in [0, 0.05) is 84.5 Å². The van der Waals surface area contributed by atoms with E-state index in [4.69, 9.17) is 11.5 Å². The molecule has 0 aromatic carbocycles. The Hall–Kier alpha value is -3.19. The van der Waals surface area contributed by atoms with Crippen molar-refractivity contribution in [3.63, 3.8) is 0 Å². The molecule has 356 valence electrons. The lowest BCUT2D eigenvalue weighted by Crippen LogP contribution is -2.41. The molecule has 6 aliphatic rings. The smallest absolute Gasteiger partial charge is 0.352 e. The van der Waals surface area contributed by atoms with Crippen molar-refractivity contribution >= 4 is 83.5 Å². The third kappa shape index (κ3) is 27.5. The minimum absolute atomic E-state index is 0. The Balaban J connectivity index is -0.000000230. The predicted octanol–water partition coefficient (Wildman–Crippen LogP) is 6.48. The van der Waals surface area contributed by atoms with Gasteiger partial charge in [-0.15, -0.1) is 5.06 Å². The van der Waals surface area contributed by atoms with Crippen LogP contribution in [0.5, 0.6) is 0 Å². The Morgan fingerprint density at radius 3 is 1.33 bits per heavy atom. The number of nitrogens with two attached hydrogens (primary N) is 2. The molecule has 4 fully saturated rings. The number of hydroxylamine groups is 2. The molecule has 3 aliphatic heterocycles. The van der Waals surface area contributed by atoms with Crippen LogP contribution in [0.4, 0.5) is 0 Å². The second-order valence-corrected chi connectivity index (χ2v) is 16.5. The zero-order chi connectivity index (χ0) is 40.4. The first kappa shape index (κ1) is 66.9. The molecule has 0 spiro atoms. The number of amides is 7. The number of rotatable bonds is 13. The molecule has 1 saturated heterocycles. The number of thiol groups is 1. The van der Waals surface area contributed by atoms with E-state index >= 15 is 0 Å². The number of imide groups is 3. The molecule has 15 nitrogen and oxygen atoms in total. The van der Waals surface area contributed by atoms with Crippen molar-refractivity contribution in [1.82, 2.24) is 20.2 Å². The standard InChI is InChI=1S/C13H18N2O3S.C10H8N2O6.C7H15NS.C5H10.C2H7NS.6CH4/c16-11(9-15-12(17)5-6-13(15)18)14-7-8-19-10-3-1-2-4-10;13-6-1-2-7(14)11(6)5-10(17)18-12-8(15)3-4-9(12)16;8-5-6-9-7-3-1-2-4-7;1-2-4-5-3-1;3-1-2-4;;;;;;/h5-6,10H,1-4,7-9H2,(H,14,16);1-2H,3-5H2;7H,1-6,8H2;1-5H2;4H,1-3H2;6*1H4. The third-order valence-electron chi connectivity index (χ3n) is 8.82. The van der Waals surface area contributed by atoms with Crippen LogP contribution in [-0.2, 0) is 43.2 Å². The van der Waals surface area contributed by atoms with Gasteiger partial charge in [0.05, 0.1) is 0 Å². The highest BCUT2D eigenvalue weighted by Crippen LogP contribution is 2.29. The Bertz CT molecular complexity index is 1280. The average molecular weight is 923 g/mol. The molecule has 6 rings (SSSR count). The van der Waals surface area contributed by atoms with Gasteiger partial charge in [0.2, 0.25) is 5.91 Å². The Morgan fingerprint density at radius 1 is 0.607 bits per heavy atom. The third-order valence-corrected chi connectivity index (χ3v) is 11.9. The Kier molecular flexibility index (Phi) is 43.5. The molecule has 0 aromatic heterocycles. The Labute approximate surface area is 382 Å². The van der Waals surface area contributed by atoms with Crippen LogP contribution in [0.15, 0.2) is 24.3 Å². The van der Waals surface area contributed by atoms with Gasteiger partial charge in [-0.25, -0.2) is 4.79 Å². The zero-order valence-electron chi connectivity index (χ0n) is 31.7. The molecule has 5 N–H and O–H groups in total. The molecule has 0 bridgehead atoms. The fourth-order valence-electron chi connectivity index (χ4n) is 5.94. The molecule has 3 aliphatic carbocycles. The van der Waals surface area contributed by atoms with E-state index in [0.29, 0.717) is 23.1 Å². The van der Waals surface area contributed by atoms with Crippen molar-refractivity contribution in [3.05, 3.63) is 24.3 Å². The molecule has 0 radical (unpaired) electrons. The summed E-state index contributed by atoms with van der Waals surface area (Å²) >= 11 is 7.75. The van der Waals surface area contributed by atoms with E-state index in [1.54, 1.807) is 0 Å². The molecule has 3 heterocycles. The first-order chi connectivity index (χ1) is 26.5. The van der Waals surface area contributed by atoms with Crippen LogP contribution in [0.3, 0.4) is 0 Å². The number of hydrogen-bond donors (Lipinski definition) is 4. The van der Waals surface area contributed by atoms with Crippen LogP contribution in [0.1, 0.15) is 141 Å². The summed E-state index contributed by atoms with van der Waals surface area (Å²) in [4.78, 5) is 96.2. The van der Waals surface area contributed by atoms with Gasteiger partial charge in [-0.2, -0.15) is 36.2 Å². The van der Waals surface area contributed by atoms with E-state index in [1.165, 1.54) is 95.6 Å². The minimum atomic E-state index is -1.02. The second kappa shape index (κ2) is 39.6. The highest BCUT2D eigenvalue weighted by Gasteiger charge is 2.34. The van der Waals surface area contributed by atoms with Gasteiger partial charge in [0.25, 0.3) is 35.4 Å². The van der Waals surface area contributed by atoms with Crippen molar-refractivity contribution in [2.24, 2.45) is 11.5 Å². The first-order valence-corrected chi connectivity index (χ1v) is 21.9. The van der Waals surface area contributed by atoms with Gasteiger partial charge in [0.1, 0.15) is 13.1 Å². The second-order valence-electron chi connectivity index (χ2n) is 13.2. The quantitative estimate of drug-likeness (QED) is 0.0884. The van der Waals surface area contributed by atoms with Crippen LogP contribution in [0.25, 0.3) is 0 Å². The van der Waals surface area contributed by atoms with Crippen molar-refractivity contribution < 1.29 is 43.2 Å². The first-order valence-electron chi connectivity index (χ1n) is 19.1. The summed E-state index contributed by atoms with van der Waals surface area (Å²) in [5.74, 6) is -1.83. The maximum absolute atomic E-state index is 11.6. The summed E-state index contributed by atoms with van der Waals surface area (Å²) in [5.41, 5.74) is 10.3. The van der Waals surface area contributed by atoms with E-state index in [-0.39, 0.29) is 69.9 Å². The largest absolute Gasteiger partial charge is 0.354 e. The number of carbonyl (C=O) groups is 8. The lowest BCUT2D eigenvalue weighted by Gasteiger charge is -2.16. The molecule has 3 saturated carbocycles. The van der Waals surface area contributed by atoms with Crippen molar-refractivity contribution in [3.8, 4) is 0 Å². The fraction of sp³-hybridized carbons (Fsp3) is 0.721. The molecule has 0 aromatic rings. The highest BCUT2D eigenvalue weighted by atomic mass is 32.2. The number of thioether (sulfide) groups is 2. The minimum Gasteiger partial charge on any atom is -0.354 e. The maximum atomic E-state index is 11.6. The zero-order valence-corrected chi connectivity index (χ0v) is 34.2. The van der Waals surface area contributed by atoms with E-state index < -0.39 is 48.0 Å². The molecule has 0 atom stereocenters. The number of hydrogen-bond acceptors (Lipinski definition) is 14. The molecule has 61 heavy (non-hydrogen) atoms. The van der Waals surface area contributed by atoms with Gasteiger partial charge in [-0.05, 0) is 25.7 Å². The van der Waals surface area contributed by atoms with Gasteiger partial charge in [-0.3, -0.25) is 43.4 Å². The molecule has 7 amide bonds. The van der Waals surface area contributed by atoms with Crippen molar-refractivity contribution in [2.45, 2.75) is 151 Å².